The molecule has 1 N–H and O–H groups in total. The summed E-state index contributed by atoms with van der Waals surface area (Å²) in [6.07, 6.45) is -4.51. The summed E-state index contributed by atoms with van der Waals surface area (Å²) in [5.74, 6) is -1.78. The molecule has 0 saturated carbocycles. The second-order valence-corrected chi connectivity index (χ2v) is 6.31. The molecule has 0 unspecified atom stereocenters. The number of carbonyl (C=O) groups excluding carboxylic acids is 1. The Bertz CT molecular complexity index is 629. The number of sulfonamides is 1. The lowest BCUT2D eigenvalue weighted by Crippen LogP contribution is -2.47. The van der Waals surface area contributed by atoms with Crippen LogP contribution in [0.25, 0.3) is 0 Å². The molecule has 0 bridgehead atoms. The molecular weight excluding hydrogens is 328 g/mol. The molecule has 22 heavy (non-hydrogen) atoms. The van der Waals surface area contributed by atoms with Crippen molar-refractivity contribution >= 4 is 15.9 Å². The van der Waals surface area contributed by atoms with Gasteiger partial charge in [-0.05, 0) is 38.2 Å². The molecule has 1 atom stereocenters. The summed E-state index contributed by atoms with van der Waals surface area (Å²) in [5, 5.41) is 0. The smallest absolute Gasteiger partial charge is 0.287 e. The van der Waals surface area contributed by atoms with Gasteiger partial charge in [0.05, 0.1) is 17.5 Å². The molecule has 1 rings (SSSR count). The molecule has 5 nitrogen and oxygen atoms in total. The highest BCUT2D eigenvalue weighted by Gasteiger charge is 2.33. The number of likely N-dealkylation sites (N-methyl/N-ethyl adjacent to an activating group) is 1. The average molecular weight is 342 g/mol. The van der Waals surface area contributed by atoms with Gasteiger partial charge in [-0.25, -0.2) is 17.5 Å². The van der Waals surface area contributed by atoms with E-state index in [9.17, 15) is 30.8 Å². The maximum atomic E-state index is 12.7. The van der Waals surface area contributed by atoms with Crippen LogP contribution in [0.5, 0.6) is 0 Å². The van der Waals surface area contributed by atoms with Crippen molar-refractivity contribution in [1.82, 2.24) is 9.62 Å². The largest absolute Gasteiger partial charge is 0.401 e. The van der Waals surface area contributed by atoms with Crippen LogP contribution in [0.3, 0.4) is 0 Å². The fraction of sp³-hybridized carbons (Fsp3) is 0.417. The maximum absolute atomic E-state index is 12.7. The van der Waals surface area contributed by atoms with Gasteiger partial charge in [-0.15, -0.1) is 0 Å². The summed E-state index contributed by atoms with van der Waals surface area (Å²) in [6.45, 7) is -0.223. The van der Waals surface area contributed by atoms with E-state index in [1.807, 2.05) is 0 Å². The van der Waals surface area contributed by atoms with Crippen LogP contribution >= 0.6 is 0 Å². The number of hydrogen-bond acceptors (Lipinski definition) is 4. The van der Waals surface area contributed by atoms with Crippen LogP contribution in [0.2, 0.25) is 0 Å². The molecule has 1 aromatic carbocycles. The van der Waals surface area contributed by atoms with Crippen LogP contribution in [0.1, 0.15) is 6.92 Å². The van der Waals surface area contributed by atoms with Crippen molar-refractivity contribution in [2.24, 2.45) is 0 Å². The quantitative estimate of drug-likeness (QED) is 0.824. The van der Waals surface area contributed by atoms with Gasteiger partial charge in [-0.1, -0.05) is 0 Å². The van der Waals surface area contributed by atoms with Crippen LogP contribution < -0.4 is 4.72 Å². The molecule has 0 aliphatic rings. The fourth-order valence-corrected chi connectivity index (χ4v) is 2.56. The number of amides is 1. The standard InChI is InChI=1S/C12H14F4N2O3S/c1-8(18(2)7-12(14,15)16)11(19)17-22(20,21)10-5-3-9(13)4-6-10/h3-6,8H,7H2,1-2H3,(H,17,19)/t8-/m1/s1. The Labute approximate surface area is 125 Å². The Morgan fingerprint density at radius 1 is 1.27 bits per heavy atom. The average Bonchev–Trinajstić information content (AvgIpc) is 2.35. The van der Waals surface area contributed by atoms with E-state index in [4.69, 9.17) is 0 Å². The molecule has 1 aromatic rings. The summed E-state index contributed by atoms with van der Waals surface area (Å²) in [4.78, 5) is 12.0. The highest BCUT2D eigenvalue weighted by molar-refractivity contribution is 7.90. The minimum Gasteiger partial charge on any atom is -0.287 e. The van der Waals surface area contributed by atoms with Gasteiger partial charge in [-0.3, -0.25) is 9.69 Å². The summed E-state index contributed by atoms with van der Waals surface area (Å²) in [6, 6.07) is 2.33. The first kappa shape index (κ1) is 18.4. The van der Waals surface area contributed by atoms with E-state index in [1.165, 1.54) is 0 Å². The zero-order valence-electron chi connectivity index (χ0n) is 11.7. The molecule has 0 fully saturated rings. The minimum absolute atomic E-state index is 0.368. The highest BCUT2D eigenvalue weighted by atomic mass is 32.2. The summed E-state index contributed by atoms with van der Waals surface area (Å²) in [5.41, 5.74) is 0. The van der Waals surface area contributed by atoms with Crippen LogP contribution in [0.15, 0.2) is 29.2 Å². The molecular formula is C12H14F4N2O3S. The molecule has 124 valence electrons. The van der Waals surface area contributed by atoms with E-state index in [0.29, 0.717) is 4.90 Å². The van der Waals surface area contributed by atoms with Gasteiger partial charge in [0.15, 0.2) is 0 Å². The van der Waals surface area contributed by atoms with E-state index < -0.39 is 40.5 Å². The van der Waals surface area contributed by atoms with Gasteiger partial charge in [-0.2, -0.15) is 13.2 Å². The van der Waals surface area contributed by atoms with Crippen LogP contribution in [0.4, 0.5) is 17.6 Å². The molecule has 0 saturated heterocycles. The Hall–Kier alpha value is -1.68. The maximum Gasteiger partial charge on any atom is 0.401 e. The molecule has 0 spiro atoms. The lowest BCUT2D eigenvalue weighted by Gasteiger charge is -2.24. The predicted molar refractivity (Wildman–Crippen MR) is 69.9 cm³/mol. The van der Waals surface area contributed by atoms with Gasteiger partial charge in [0.1, 0.15) is 5.82 Å². The second-order valence-electron chi connectivity index (χ2n) is 4.63. The fourth-order valence-electron chi connectivity index (χ4n) is 1.51. The van der Waals surface area contributed by atoms with Gasteiger partial charge in [0, 0.05) is 0 Å². The van der Waals surface area contributed by atoms with Crippen LogP contribution in [0, 0.1) is 5.82 Å². The molecule has 0 aliphatic heterocycles. The summed E-state index contributed by atoms with van der Waals surface area (Å²) >= 11 is 0. The lowest BCUT2D eigenvalue weighted by atomic mass is 10.3. The van der Waals surface area contributed by atoms with Crippen molar-refractivity contribution < 1.29 is 30.8 Å². The van der Waals surface area contributed by atoms with Crippen LogP contribution in [-0.2, 0) is 14.8 Å². The predicted octanol–water partition coefficient (Wildman–Crippen LogP) is 1.51. The third kappa shape index (κ3) is 5.26. The van der Waals surface area contributed by atoms with Crippen molar-refractivity contribution in [3.8, 4) is 0 Å². The third-order valence-electron chi connectivity index (χ3n) is 2.83. The molecule has 0 aliphatic carbocycles. The first-order valence-corrected chi connectivity index (χ1v) is 7.50. The molecule has 0 heterocycles. The zero-order valence-corrected chi connectivity index (χ0v) is 12.5. The Kier molecular flexibility index (Phi) is 5.52. The van der Waals surface area contributed by atoms with Crippen molar-refractivity contribution in [3.63, 3.8) is 0 Å². The number of nitrogens with one attached hydrogen (secondary N) is 1. The zero-order chi connectivity index (χ0) is 17.1. The number of nitrogens with zero attached hydrogens (tertiary/aromatic N) is 1. The first-order chi connectivity index (χ1) is 9.92. The van der Waals surface area contributed by atoms with Crippen LogP contribution in [-0.4, -0.2) is 45.0 Å². The second kappa shape index (κ2) is 6.61. The van der Waals surface area contributed by atoms with Crippen molar-refractivity contribution in [2.45, 2.75) is 24.0 Å². The molecule has 0 radical (unpaired) electrons. The molecule has 1 amide bonds. The van der Waals surface area contributed by atoms with Gasteiger partial charge < -0.3 is 0 Å². The minimum atomic E-state index is -4.51. The number of benzene rings is 1. The van der Waals surface area contributed by atoms with Gasteiger partial charge in [0.25, 0.3) is 15.9 Å². The normalized spacial score (nSPS) is 14.0. The van der Waals surface area contributed by atoms with Crippen molar-refractivity contribution in [1.29, 1.82) is 0 Å². The number of carbonyl (C=O) groups is 1. The summed E-state index contributed by atoms with van der Waals surface area (Å²) < 4.78 is 74.9. The molecule has 10 heteroatoms. The Balaban J connectivity index is 2.80. The third-order valence-corrected chi connectivity index (χ3v) is 4.19. The molecule has 0 aromatic heterocycles. The van der Waals surface area contributed by atoms with E-state index in [2.05, 4.69) is 0 Å². The van der Waals surface area contributed by atoms with Crippen molar-refractivity contribution in [2.75, 3.05) is 13.6 Å². The SMILES string of the molecule is C[C@H](C(=O)NS(=O)(=O)c1ccc(F)cc1)N(C)CC(F)(F)F. The number of halogens is 4. The Morgan fingerprint density at radius 3 is 2.23 bits per heavy atom. The summed E-state index contributed by atoms with van der Waals surface area (Å²) in [7, 11) is -3.23. The number of alkyl halides is 3. The van der Waals surface area contributed by atoms with E-state index in [-0.39, 0.29) is 4.90 Å². The Morgan fingerprint density at radius 2 is 1.77 bits per heavy atom. The number of hydrogen-bond donors (Lipinski definition) is 1. The van der Waals surface area contributed by atoms with E-state index >= 15 is 0 Å². The van der Waals surface area contributed by atoms with Crippen molar-refractivity contribution in [3.05, 3.63) is 30.1 Å². The number of rotatable bonds is 5. The van der Waals surface area contributed by atoms with E-state index in [0.717, 1.165) is 38.2 Å². The first-order valence-electron chi connectivity index (χ1n) is 6.01. The highest BCUT2D eigenvalue weighted by Crippen LogP contribution is 2.17. The van der Waals surface area contributed by atoms with Gasteiger partial charge >= 0.3 is 6.18 Å². The topological polar surface area (TPSA) is 66.5 Å². The van der Waals surface area contributed by atoms with Gasteiger partial charge in [0.2, 0.25) is 0 Å². The van der Waals surface area contributed by atoms with E-state index in [1.54, 1.807) is 4.72 Å². The lowest BCUT2D eigenvalue weighted by molar-refractivity contribution is -0.150. The monoisotopic (exact) mass is 342 g/mol.